The highest BCUT2D eigenvalue weighted by Crippen LogP contribution is 2.47. The van der Waals surface area contributed by atoms with Crippen LogP contribution in [0.15, 0.2) is 121 Å². The van der Waals surface area contributed by atoms with E-state index in [9.17, 15) is 19.2 Å². The first kappa shape index (κ1) is 25.2. The second-order valence-electron chi connectivity index (χ2n) is 10.5. The predicted octanol–water partition coefficient (Wildman–Crippen LogP) is 5.87. The highest BCUT2D eigenvalue weighted by molar-refractivity contribution is 6.30. The van der Waals surface area contributed by atoms with Crippen molar-refractivity contribution in [3.05, 3.63) is 137 Å². The van der Waals surface area contributed by atoms with E-state index in [0.29, 0.717) is 27.4 Å². The van der Waals surface area contributed by atoms with Gasteiger partial charge in [-0.2, -0.15) is 0 Å². The van der Waals surface area contributed by atoms with Gasteiger partial charge >= 0.3 is 0 Å². The van der Waals surface area contributed by atoms with E-state index >= 15 is 0 Å². The Bertz CT molecular complexity index is 1810. The molecule has 4 aromatic rings. The van der Waals surface area contributed by atoms with Crippen LogP contribution in [0.25, 0.3) is 10.8 Å². The van der Waals surface area contributed by atoms with E-state index in [0.717, 1.165) is 10.8 Å². The minimum Gasteiger partial charge on any atom is -0.359 e. The van der Waals surface area contributed by atoms with Crippen LogP contribution in [0.3, 0.4) is 0 Å². The molecule has 3 aliphatic heterocycles. The number of anilines is 1. The molecule has 4 aromatic carbocycles. The van der Waals surface area contributed by atoms with Crippen molar-refractivity contribution in [3.63, 3.8) is 0 Å². The number of imide groups is 1. The molecule has 0 spiro atoms. The number of carbonyl (C=O) groups is 4. The predicted molar refractivity (Wildman–Crippen MR) is 157 cm³/mol. The van der Waals surface area contributed by atoms with Gasteiger partial charge in [0.2, 0.25) is 11.8 Å². The first-order chi connectivity index (χ1) is 19.9. The molecule has 4 atom stereocenters. The van der Waals surface area contributed by atoms with Crippen LogP contribution in [0, 0.1) is 11.8 Å². The van der Waals surface area contributed by atoms with E-state index < -0.39 is 29.8 Å². The summed E-state index contributed by atoms with van der Waals surface area (Å²) in [5.74, 6) is -3.03. The molecular weight excluding hydrogens is 536 g/mol. The molecular formula is C34H23ClN2O4. The van der Waals surface area contributed by atoms with Crippen molar-refractivity contribution >= 4 is 51.4 Å². The molecule has 0 unspecified atom stereocenters. The number of fused-ring (bicyclic) bond motifs is 4. The zero-order valence-electron chi connectivity index (χ0n) is 21.7. The monoisotopic (exact) mass is 558 g/mol. The normalized spacial score (nSPS) is 23.0. The number of carbonyl (C=O) groups excluding carboxylic acids is 4. The van der Waals surface area contributed by atoms with Crippen molar-refractivity contribution < 1.29 is 19.2 Å². The number of allylic oxidation sites excluding steroid dienone is 2. The van der Waals surface area contributed by atoms with Gasteiger partial charge in [0.25, 0.3) is 0 Å². The number of ketones is 2. The molecule has 0 saturated carbocycles. The third-order valence-electron chi connectivity index (χ3n) is 8.23. The fraction of sp³-hybridized carbons (Fsp3) is 0.118. The fourth-order valence-electron chi connectivity index (χ4n) is 6.31. The molecule has 6 nitrogen and oxygen atoms in total. The number of halogens is 1. The van der Waals surface area contributed by atoms with E-state index in [4.69, 9.17) is 11.6 Å². The van der Waals surface area contributed by atoms with Crippen molar-refractivity contribution in [2.24, 2.45) is 11.8 Å². The quantitative estimate of drug-likeness (QED) is 0.226. The third kappa shape index (κ3) is 4.02. The Balaban J connectivity index is 1.32. The lowest BCUT2D eigenvalue weighted by molar-refractivity contribution is -0.123. The summed E-state index contributed by atoms with van der Waals surface area (Å²) in [6.07, 6.45) is 5.07. The fourth-order valence-corrected chi connectivity index (χ4v) is 6.44. The summed E-state index contributed by atoms with van der Waals surface area (Å²) < 4.78 is 0. The standard InChI is InChI=1S/C34H23ClN2O4/c35-25-13-10-22(11-14-25)32(39)30-29-28(27-19-24(16-17-36(27)30)31(38)21-7-2-1-3-8-21)33(40)37(34(29)41)26-15-12-20-6-4-5-9-23(20)18-26/h1-19,27-30H/t27-,28+,29-,30+/m0/s1. The van der Waals surface area contributed by atoms with Gasteiger partial charge in [-0.1, -0.05) is 78.3 Å². The maximum absolute atomic E-state index is 14.1. The maximum Gasteiger partial charge on any atom is 0.240 e. The van der Waals surface area contributed by atoms with Gasteiger partial charge in [0.05, 0.1) is 23.6 Å². The molecule has 3 heterocycles. The Morgan fingerprint density at radius 3 is 2.15 bits per heavy atom. The van der Waals surface area contributed by atoms with Crippen LogP contribution in [-0.2, 0) is 9.59 Å². The van der Waals surface area contributed by atoms with Gasteiger partial charge in [-0.05, 0) is 53.2 Å². The molecule has 0 N–H and O–H groups in total. The van der Waals surface area contributed by atoms with E-state index in [2.05, 4.69) is 0 Å². The van der Waals surface area contributed by atoms with Crippen LogP contribution >= 0.6 is 11.6 Å². The molecule has 200 valence electrons. The van der Waals surface area contributed by atoms with Crippen LogP contribution in [0.2, 0.25) is 5.02 Å². The molecule has 2 saturated heterocycles. The number of nitrogens with zero attached hydrogens (tertiary/aromatic N) is 2. The molecule has 7 rings (SSSR count). The average molecular weight is 559 g/mol. The number of amides is 2. The van der Waals surface area contributed by atoms with Gasteiger partial charge in [0.1, 0.15) is 6.04 Å². The summed E-state index contributed by atoms with van der Waals surface area (Å²) in [4.78, 5) is 58.5. The van der Waals surface area contributed by atoms with Crippen molar-refractivity contribution in [1.29, 1.82) is 0 Å². The molecule has 0 aromatic heterocycles. The summed E-state index contributed by atoms with van der Waals surface area (Å²) in [6.45, 7) is 0. The number of hydrogen-bond donors (Lipinski definition) is 0. The minimum absolute atomic E-state index is 0.186. The zero-order valence-corrected chi connectivity index (χ0v) is 22.4. The van der Waals surface area contributed by atoms with E-state index in [1.165, 1.54) is 4.90 Å². The second kappa shape index (κ2) is 9.68. The summed E-state index contributed by atoms with van der Waals surface area (Å²) in [5.41, 5.74) is 1.80. The molecule has 2 amide bonds. The van der Waals surface area contributed by atoms with Crippen LogP contribution in [0.1, 0.15) is 20.7 Å². The van der Waals surface area contributed by atoms with Crippen molar-refractivity contribution in [2.45, 2.75) is 12.1 Å². The molecule has 0 aliphatic carbocycles. The Morgan fingerprint density at radius 1 is 0.707 bits per heavy atom. The average Bonchev–Trinajstić information content (AvgIpc) is 3.48. The van der Waals surface area contributed by atoms with Crippen LogP contribution in [0.5, 0.6) is 0 Å². The van der Waals surface area contributed by atoms with Crippen molar-refractivity contribution in [3.8, 4) is 0 Å². The first-order valence-electron chi connectivity index (χ1n) is 13.4. The molecule has 7 heteroatoms. The molecule has 0 radical (unpaired) electrons. The van der Waals surface area contributed by atoms with Crippen molar-refractivity contribution in [1.82, 2.24) is 4.90 Å². The largest absolute Gasteiger partial charge is 0.359 e. The zero-order chi connectivity index (χ0) is 28.2. The Morgan fingerprint density at radius 2 is 1.39 bits per heavy atom. The Hall–Kier alpha value is -4.81. The smallest absolute Gasteiger partial charge is 0.240 e. The lowest BCUT2D eigenvalue weighted by atomic mass is 9.85. The number of Topliss-reactive ketones (excluding diaryl/α,β-unsaturated/α-hetero) is 2. The van der Waals surface area contributed by atoms with E-state index in [1.54, 1.807) is 77.8 Å². The van der Waals surface area contributed by atoms with E-state index in [-0.39, 0.29) is 17.5 Å². The molecule has 3 aliphatic rings. The van der Waals surface area contributed by atoms with Gasteiger partial charge < -0.3 is 4.90 Å². The number of hydrogen-bond acceptors (Lipinski definition) is 5. The topological polar surface area (TPSA) is 74.8 Å². The summed E-state index contributed by atoms with van der Waals surface area (Å²) in [7, 11) is 0. The van der Waals surface area contributed by atoms with Gasteiger partial charge in [0.15, 0.2) is 11.6 Å². The Kier molecular flexibility index (Phi) is 5.94. The van der Waals surface area contributed by atoms with Crippen LogP contribution in [0.4, 0.5) is 5.69 Å². The summed E-state index contributed by atoms with van der Waals surface area (Å²) in [6, 6.07) is 27.0. The van der Waals surface area contributed by atoms with Crippen LogP contribution < -0.4 is 4.90 Å². The van der Waals surface area contributed by atoms with Crippen molar-refractivity contribution in [2.75, 3.05) is 4.90 Å². The minimum atomic E-state index is -0.922. The maximum atomic E-state index is 14.1. The van der Waals surface area contributed by atoms with Gasteiger partial charge in [0, 0.05) is 27.9 Å². The summed E-state index contributed by atoms with van der Waals surface area (Å²) >= 11 is 6.06. The highest BCUT2D eigenvalue weighted by atomic mass is 35.5. The van der Waals surface area contributed by atoms with Gasteiger partial charge in [-0.3, -0.25) is 19.2 Å². The van der Waals surface area contributed by atoms with Crippen LogP contribution in [-0.4, -0.2) is 40.4 Å². The lowest BCUT2D eigenvalue weighted by Crippen LogP contribution is -2.46. The second-order valence-corrected chi connectivity index (χ2v) is 10.9. The number of rotatable bonds is 5. The third-order valence-corrected chi connectivity index (χ3v) is 8.49. The lowest BCUT2D eigenvalue weighted by Gasteiger charge is -2.32. The molecule has 2 fully saturated rings. The SMILES string of the molecule is O=C(C1=C[C@H]2[C@H]3C(=O)N(c4ccc5ccccc5c4)C(=O)[C@@H]3[C@H](C(=O)c3ccc(Cl)cc3)N2C=C1)c1ccccc1. The number of benzene rings is 4. The summed E-state index contributed by atoms with van der Waals surface area (Å²) in [5, 5.41) is 2.37. The van der Waals surface area contributed by atoms with E-state index in [1.807, 2.05) is 42.5 Å². The molecule has 0 bridgehead atoms. The van der Waals surface area contributed by atoms with Gasteiger partial charge in [-0.15, -0.1) is 0 Å². The molecule has 41 heavy (non-hydrogen) atoms. The first-order valence-corrected chi connectivity index (χ1v) is 13.7. The Labute approximate surface area is 241 Å². The van der Waals surface area contributed by atoms with Gasteiger partial charge in [-0.25, -0.2) is 4.90 Å². The highest BCUT2D eigenvalue weighted by Gasteiger charge is 2.63.